The third-order valence-corrected chi connectivity index (χ3v) is 6.89. The van der Waals surface area contributed by atoms with Gasteiger partial charge in [-0.2, -0.15) is 4.52 Å². The zero-order valence-corrected chi connectivity index (χ0v) is 20.3. The Hall–Kier alpha value is -3.85. The first-order chi connectivity index (χ1) is 17.4. The zero-order valence-electron chi connectivity index (χ0n) is 18.8. The van der Waals surface area contributed by atoms with Crippen LogP contribution >= 0.6 is 23.2 Å². The molecule has 178 valence electrons. The molecule has 3 aromatic carbocycles. The van der Waals surface area contributed by atoms with Crippen LogP contribution in [0.25, 0.3) is 27.7 Å². The quantitative estimate of drug-likeness (QED) is 0.337. The summed E-state index contributed by atoms with van der Waals surface area (Å²) in [6.45, 7) is 0. The fourth-order valence-electron chi connectivity index (χ4n) is 4.65. The minimum absolute atomic E-state index is 0.0878. The van der Waals surface area contributed by atoms with E-state index < -0.39 is 11.4 Å². The molecule has 0 aliphatic heterocycles. The van der Waals surface area contributed by atoms with Crippen molar-refractivity contribution in [3.05, 3.63) is 112 Å². The van der Waals surface area contributed by atoms with Crippen molar-refractivity contribution in [3.8, 4) is 11.1 Å². The van der Waals surface area contributed by atoms with Crippen molar-refractivity contribution < 1.29 is 9.50 Å². The predicted octanol–water partition coefficient (Wildman–Crippen LogP) is 5.41. The molecular formula is C26H17Cl2FN6O. The summed E-state index contributed by atoms with van der Waals surface area (Å²) in [7, 11) is 1.77. The lowest BCUT2D eigenvalue weighted by Gasteiger charge is -2.31. The molecule has 0 radical (unpaired) electrons. The maximum atomic E-state index is 13.9. The summed E-state index contributed by atoms with van der Waals surface area (Å²) in [5, 5.41) is 25.9. The number of pyridine rings is 1. The summed E-state index contributed by atoms with van der Waals surface area (Å²) in [6, 6.07) is 18.7. The van der Waals surface area contributed by atoms with Crippen molar-refractivity contribution in [1.29, 1.82) is 0 Å². The Morgan fingerprint density at radius 1 is 1.00 bits per heavy atom. The molecule has 3 heterocycles. The van der Waals surface area contributed by atoms with E-state index >= 15 is 0 Å². The molecule has 1 unspecified atom stereocenters. The molecule has 0 aliphatic carbocycles. The van der Waals surface area contributed by atoms with Gasteiger partial charge in [-0.15, -0.1) is 5.10 Å². The standard InChI is InChI=1S/C26H17Cl2FN6O/c1-34-14-30-13-24(34)26(36,21-7-6-18(29)11-22(21)28)16-5-8-23-20(10-16)19(12-25-31-32-33-35(23)25)15-3-2-4-17(27)9-15/h2-14,36H,1H3. The highest BCUT2D eigenvalue weighted by atomic mass is 35.5. The van der Waals surface area contributed by atoms with Crippen LogP contribution in [0.5, 0.6) is 0 Å². The Balaban J connectivity index is 1.70. The lowest BCUT2D eigenvalue weighted by Crippen LogP contribution is -2.31. The van der Waals surface area contributed by atoms with E-state index in [2.05, 4.69) is 20.5 Å². The number of hydrogen-bond donors (Lipinski definition) is 1. The first-order valence-electron chi connectivity index (χ1n) is 10.9. The lowest BCUT2D eigenvalue weighted by molar-refractivity contribution is 0.117. The zero-order chi connectivity index (χ0) is 25.0. The minimum atomic E-state index is -1.74. The van der Waals surface area contributed by atoms with E-state index in [-0.39, 0.29) is 5.02 Å². The average Bonchev–Trinajstić information content (AvgIpc) is 3.52. The number of imidazole rings is 1. The fraction of sp³-hybridized carbons (Fsp3) is 0.0769. The molecule has 10 heteroatoms. The topological polar surface area (TPSA) is 81.1 Å². The van der Waals surface area contributed by atoms with Crippen LogP contribution in [0.3, 0.4) is 0 Å². The smallest absolute Gasteiger partial charge is 0.180 e. The number of aliphatic hydroxyl groups is 1. The van der Waals surface area contributed by atoms with E-state index in [0.717, 1.165) is 22.0 Å². The number of rotatable bonds is 4. The Kier molecular flexibility index (Phi) is 5.26. The number of halogens is 3. The molecule has 0 saturated carbocycles. The largest absolute Gasteiger partial charge is 0.374 e. The highest BCUT2D eigenvalue weighted by molar-refractivity contribution is 6.31. The molecule has 0 fully saturated rings. The lowest BCUT2D eigenvalue weighted by atomic mass is 9.82. The summed E-state index contributed by atoms with van der Waals surface area (Å²) in [5.74, 6) is -0.501. The number of aromatic nitrogens is 6. The van der Waals surface area contributed by atoms with Crippen molar-refractivity contribution in [3.63, 3.8) is 0 Å². The summed E-state index contributed by atoms with van der Waals surface area (Å²) in [4.78, 5) is 4.20. The molecule has 0 amide bonds. The number of fused-ring (bicyclic) bond motifs is 3. The predicted molar refractivity (Wildman–Crippen MR) is 135 cm³/mol. The summed E-state index contributed by atoms with van der Waals surface area (Å²) in [6.07, 6.45) is 3.15. The molecule has 6 aromatic rings. The SMILES string of the molecule is Cn1cncc1C(O)(c1ccc2c(c1)c(-c1cccc(Cl)c1)cc1nnnn12)c1ccc(F)cc1Cl. The van der Waals surface area contributed by atoms with Gasteiger partial charge in [-0.05, 0) is 69.6 Å². The van der Waals surface area contributed by atoms with Gasteiger partial charge in [0, 0.05) is 23.0 Å². The second-order valence-corrected chi connectivity index (χ2v) is 9.32. The fourth-order valence-corrected chi connectivity index (χ4v) is 5.14. The molecule has 0 bridgehead atoms. The Morgan fingerprint density at radius 2 is 1.86 bits per heavy atom. The molecular weight excluding hydrogens is 502 g/mol. The first-order valence-corrected chi connectivity index (χ1v) is 11.7. The summed E-state index contributed by atoms with van der Waals surface area (Å²) >= 11 is 12.8. The molecule has 0 spiro atoms. The van der Waals surface area contributed by atoms with Gasteiger partial charge in [0.1, 0.15) is 5.82 Å². The highest BCUT2D eigenvalue weighted by Crippen LogP contribution is 2.42. The van der Waals surface area contributed by atoms with Gasteiger partial charge in [-0.25, -0.2) is 9.37 Å². The number of hydrogen-bond acceptors (Lipinski definition) is 5. The van der Waals surface area contributed by atoms with Crippen molar-refractivity contribution in [2.24, 2.45) is 7.05 Å². The second-order valence-electron chi connectivity index (χ2n) is 8.47. The van der Waals surface area contributed by atoms with Gasteiger partial charge in [0.05, 0.1) is 28.8 Å². The molecule has 1 N–H and O–H groups in total. The van der Waals surface area contributed by atoms with Crippen LogP contribution in [0.15, 0.2) is 79.3 Å². The normalized spacial score (nSPS) is 13.4. The Morgan fingerprint density at radius 3 is 2.61 bits per heavy atom. The van der Waals surface area contributed by atoms with Crippen LogP contribution in [0, 0.1) is 5.82 Å². The van der Waals surface area contributed by atoms with Crippen LogP contribution < -0.4 is 0 Å². The minimum Gasteiger partial charge on any atom is -0.374 e. The van der Waals surface area contributed by atoms with Crippen LogP contribution in [0.2, 0.25) is 10.0 Å². The third kappa shape index (κ3) is 3.45. The van der Waals surface area contributed by atoms with Crippen molar-refractivity contribution in [2.45, 2.75) is 5.60 Å². The molecule has 3 aromatic heterocycles. The van der Waals surface area contributed by atoms with E-state index in [4.69, 9.17) is 23.2 Å². The average molecular weight is 519 g/mol. The van der Waals surface area contributed by atoms with Crippen LogP contribution in [-0.4, -0.2) is 34.7 Å². The number of benzene rings is 3. The van der Waals surface area contributed by atoms with Crippen LogP contribution in [0.4, 0.5) is 4.39 Å². The van der Waals surface area contributed by atoms with Gasteiger partial charge in [0.2, 0.25) is 0 Å². The third-order valence-electron chi connectivity index (χ3n) is 6.34. The van der Waals surface area contributed by atoms with Gasteiger partial charge in [0.15, 0.2) is 11.2 Å². The number of nitrogens with zero attached hydrogens (tertiary/aromatic N) is 6. The van der Waals surface area contributed by atoms with Crippen LogP contribution in [0.1, 0.15) is 16.8 Å². The van der Waals surface area contributed by atoms with Gasteiger partial charge < -0.3 is 9.67 Å². The van der Waals surface area contributed by atoms with E-state index in [1.165, 1.54) is 18.2 Å². The van der Waals surface area contributed by atoms with Crippen molar-refractivity contribution in [2.75, 3.05) is 0 Å². The number of tetrazole rings is 1. The first kappa shape index (κ1) is 22.6. The molecule has 6 rings (SSSR count). The van der Waals surface area contributed by atoms with Gasteiger partial charge in [0.25, 0.3) is 0 Å². The van der Waals surface area contributed by atoms with Crippen molar-refractivity contribution >= 4 is 39.8 Å². The second kappa shape index (κ2) is 8.37. The van der Waals surface area contributed by atoms with Gasteiger partial charge in [-0.3, -0.25) is 0 Å². The van der Waals surface area contributed by atoms with E-state index in [0.29, 0.717) is 27.5 Å². The van der Waals surface area contributed by atoms with Gasteiger partial charge in [-0.1, -0.05) is 47.5 Å². The summed E-state index contributed by atoms with van der Waals surface area (Å²) < 4.78 is 17.3. The molecule has 36 heavy (non-hydrogen) atoms. The molecule has 1 atom stereocenters. The molecule has 7 nitrogen and oxygen atoms in total. The molecule has 0 saturated heterocycles. The van der Waals surface area contributed by atoms with E-state index in [1.54, 1.807) is 40.8 Å². The molecule has 0 aliphatic rings. The van der Waals surface area contributed by atoms with Gasteiger partial charge >= 0.3 is 0 Å². The van der Waals surface area contributed by atoms with Crippen molar-refractivity contribution in [1.82, 2.24) is 29.6 Å². The number of aryl methyl sites for hydroxylation is 1. The Bertz CT molecular complexity index is 1780. The maximum absolute atomic E-state index is 13.9. The maximum Gasteiger partial charge on any atom is 0.180 e. The van der Waals surface area contributed by atoms with Crippen LogP contribution in [-0.2, 0) is 12.6 Å². The van der Waals surface area contributed by atoms with E-state index in [1.807, 2.05) is 36.4 Å². The van der Waals surface area contributed by atoms with E-state index in [9.17, 15) is 9.50 Å². The summed E-state index contributed by atoms with van der Waals surface area (Å²) in [5.41, 5.74) is 2.52. The Labute approximate surface area is 214 Å². The monoisotopic (exact) mass is 518 g/mol. The highest BCUT2D eigenvalue weighted by Gasteiger charge is 2.38.